The van der Waals surface area contributed by atoms with Crippen molar-refractivity contribution in [2.24, 2.45) is 5.73 Å². The van der Waals surface area contributed by atoms with Crippen LogP contribution in [0.15, 0.2) is 23.7 Å². The minimum Gasteiger partial charge on any atom is -0.383 e. The molecule has 0 aliphatic heterocycles. The number of nitrogens with zero attached hydrogens (tertiary/aromatic N) is 1. The molecule has 0 unspecified atom stereocenters. The summed E-state index contributed by atoms with van der Waals surface area (Å²) >= 11 is 2.81. The molecule has 7 heteroatoms. The predicted octanol–water partition coefficient (Wildman–Crippen LogP) is 2.91. The van der Waals surface area contributed by atoms with Crippen molar-refractivity contribution in [3.63, 3.8) is 0 Å². The first-order chi connectivity index (χ1) is 9.97. The summed E-state index contributed by atoms with van der Waals surface area (Å²) in [4.78, 5) is 28.5. The minimum atomic E-state index is -0.532. The van der Waals surface area contributed by atoms with Gasteiger partial charge in [-0.15, -0.1) is 22.7 Å². The Kier molecular flexibility index (Phi) is 3.23. The standard InChI is InChI=1S/C14H11N3O2S2/c1-6(18)10-2-7(5-20-10)11-3-8-12(21-11)9(14(16)19)4-17-13(8)15/h2-5H,1H3,(H2,15,17)(H2,16,19). The van der Waals surface area contributed by atoms with E-state index in [-0.39, 0.29) is 5.78 Å². The third-order valence-electron chi connectivity index (χ3n) is 3.08. The van der Waals surface area contributed by atoms with Crippen molar-refractivity contribution in [3.8, 4) is 10.4 Å². The fourth-order valence-electron chi connectivity index (χ4n) is 2.01. The van der Waals surface area contributed by atoms with E-state index in [1.54, 1.807) is 0 Å². The van der Waals surface area contributed by atoms with E-state index in [1.807, 2.05) is 17.5 Å². The fraction of sp³-hybridized carbons (Fsp3) is 0.0714. The summed E-state index contributed by atoms with van der Waals surface area (Å²) in [6.07, 6.45) is 1.40. The predicted molar refractivity (Wildman–Crippen MR) is 85.9 cm³/mol. The van der Waals surface area contributed by atoms with Crippen molar-refractivity contribution in [3.05, 3.63) is 34.2 Å². The molecular weight excluding hydrogens is 306 g/mol. The molecule has 0 aromatic carbocycles. The average molecular weight is 317 g/mol. The van der Waals surface area contributed by atoms with Crippen LogP contribution in [0.5, 0.6) is 0 Å². The van der Waals surface area contributed by atoms with Crippen LogP contribution in [-0.2, 0) is 0 Å². The number of hydrogen-bond donors (Lipinski definition) is 2. The van der Waals surface area contributed by atoms with Crippen LogP contribution in [0.2, 0.25) is 0 Å². The highest BCUT2D eigenvalue weighted by Crippen LogP contribution is 2.38. The maximum Gasteiger partial charge on any atom is 0.251 e. The Morgan fingerprint density at radius 2 is 2.05 bits per heavy atom. The first-order valence-electron chi connectivity index (χ1n) is 6.05. The SMILES string of the molecule is CC(=O)c1cc(-c2cc3c(N)ncc(C(N)=O)c3s2)cs1. The van der Waals surface area contributed by atoms with E-state index < -0.39 is 5.91 Å². The van der Waals surface area contributed by atoms with E-state index in [4.69, 9.17) is 11.5 Å². The lowest BCUT2D eigenvalue weighted by Crippen LogP contribution is -2.11. The maximum atomic E-state index is 11.5. The van der Waals surface area contributed by atoms with E-state index >= 15 is 0 Å². The van der Waals surface area contributed by atoms with Gasteiger partial charge in [-0.05, 0) is 19.1 Å². The Labute approximate surface area is 128 Å². The normalized spacial score (nSPS) is 10.9. The van der Waals surface area contributed by atoms with Crippen LogP contribution < -0.4 is 11.5 Å². The van der Waals surface area contributed by atoms with Crippen molar-refractivity contribution in [1.29, 1.82) is 0 Å². The van der Waals surface area contributed by atoms with E-state index in [2.05, 4.69) is 4.98 Å². The molecule has 0 aliphatic carbocycles. The van der Waals surface area contributed by atoms with Crippen molar-refractivity contribution in [1.82, 2.24) is 4.98 Å². The van der Waals surface area contributed by atoms with Gasteiger partial charge in [-0.3, -0.25) is 9.59 Å². The average Bonchev–Trinajstić information content (AvgIpc) is 3.05. The lowest BCUT2D eigenvalue weighted by Gasteiger charge is -1.99. The quantitative estimate of drug-likeness (QED) is 0.725. The summed E-state index contributed by atoms with van der Waals surface area (Å²) in [6.45, 7) is 1.54. The number of ketones is 1. The van der Waals surface area contributed by atoms with E-state index in [1.165, 1.54) is 35.8 Å². The van der Waals surface area contributed by atoms with Crippen molar-refractivity contribution >= 4 is 50.3 Å². The molecule has 5 nitrogen and oxygen atoms in total. The molecule has 0 radical (unpaired) electrons. The second-order valence-corrected chi connectivity index (χ2v) is 6.49. The number of carbonyl (C=O) groups is 2. The van der Waals surface area contributed by atoms with Gasteiger partial charge in [0.05, 0.1) is 15.1 Å². The first kappa shape index (κ1) is 13.7. The molecule has 3 aromatic heterocycles. The lowest BCUT2D eigenvalue weighted by molar-refractivity contribution is 0.0998. The molecule has 0 fully saturated rings. The molecule has 1 amide bonds. The monoisotopic (exact) mass is 317 g/mol. The van der Waals surface area contributed by atoms with Gasteiger partial charge in [0.1, 0.15) is 5.82 Å². The third kappa shape index (κ3) is 2.30. The molecule has 3 rings (SSSR count). The second-order valence-electron chi connectivity index (χ2n) is 4.53. The largest absolute Gasteiger partial charge is 0.383 e. The molecule has 0 atom stereocenters. The summed E-state index contributed by atoms with van der Waals surface area (Å²) in [5, 5.41) is 2.62. The molecule has 21 heavy (non-hydrogen) atoms. The number of pyridine rings is 1. The summed E-state index contributed by atoms with van der Waals surface area (Å²) in [6, 6.07) is 3.71. The van der Waals surface area contributed by atoms with Crippen molar-refractivity contribution < 1.29 is 9.59 Å². The zero-order valence-electron chi connectivity index (χ0n) is 11.0. The number of carbonyl (C=O) groups excluding carboxylic acids is 2. The molecule has 3 aromatic rings. The summed E-state index contributed by atoms with van der Waals surface area (Å²) < 4.78 is 0.723. The molecule has 3 heterocycles. The van der Waals surface area contributed by atoms with Gasteiger partial charge in [-0.25, -0.2) is 4.98 Å². The van der Waals surface area contributed by atoms with E-state index in [0.29, 0.717) is 21.6 Å². The highest BCUT2D eigenvalue weighted by Gasteiger charge is 2.15. The Morgan fingerprint density at radius 1 is 1.29 bits per heavy atom. The Hall–Kier alpha value is -2.25. The molecule has 0 saturated heterocycles. The number of amides is 1. The minimum absolute atomic E-state index is 0.0337. The van der Waals surface area contributed by atoms with Crippen LogP contribution in [0.3, 0.4) is 0 Å². The molecule has 4 N–H and O–H groups in total. The van der Waals surface area contributed by atoms with Gasteiger partial charge >= 0.3 is 0 Å². The fourth-order valence-corrected chi connectivity index (χ4v) is 4.07. The topological polar surface area (TPSA) is 99.1 Å². The molecule has 0 spiro atoms. The second kappa shape index (κ2) is 4.94. The first-order valence-corrected chi connectivity index (χ1v) is 7.74. The third-order valence-corrected chi connectivity index (χ3v) is 5.33. The summed E-state index contributed by atoms with van der Waals surface area (Å²) in [7, 11) is 0. The van der Waals surface area contributed by atoms with Crippen LogP contribution in [0.4, 0.5) is 5.82 Å². The smallest absolute Gasteiger partial charge is 0.251 e. The van der Waals surface area contributed by atoms with Gasteiger partial charge < -0.3 is 11.5 Å². The number of fused-ring (bicyclic) bond motifs is 1. The number of primary amides is 1. The highest BCUT2D eigenvalue weighted by molar-refractivity contribution is 7.23. The Bertz CT molecular complexity index is 880. The van der Waals surface area contributed by atoms with E-state index in [9.17, 15) is 9.59 Å². The van der Waals surface area contributed by atoms with Crippen molar-refractivity contribution in [2.45, 2.75) is 6.92 Å². The lowest BCUT2D eigenvalue weighted by atomic mass is 10.2. The van der Waals surface area contributed by atoms with Crippen molar-refractivity contribution in [2.75, 3.05) is 5.73 Å². The van der Waals surface area contributed by atoms with Gasteiger partial charge in [0, 0.05) is 27.4 Å². The number of anilines is 1. The molecule has 0 bridgehead atoms. The van der Waals surface area contributed by atoms with Crippen LogP contribution in [0, 0.1) is 0 Å². The number of thiophene rings is 2. The van der Waals surface area contributed by atoms with Gasteiger partial charge in [-0.2, -0.15) is 0 Å². The zero-order valence-corrected chi connectivity index (χ0v) is 12.7. The number of nitrogen functional groups attached to an aromatic ring is 1. The maximum absolute atomic E-state index is 11.5. The van der Waals surface area contributed by atoms with E-state index in [0.717, 1.165) is 15.1 Å². The van der Waals surface area contributed by atoms with Crippen LogP contribution in [0.25, 0.3) is 20.5 Å². The summed E-state index contributed by atoms with van der Waals surface area (Å²) in [5.41, 5.74) is 12.5. The zero-order chi connectivity index (χ0) is 15.1. The number of rotatable bonds is 3. The Morgan fingerprint density at radius 3 is 2.67 bits per heavy atom. The Balaban J connectivity index is 2.20. The molecule has 0 aliphatic rings. The molecule has 106 valence electrons. The molecule has 0 saturated carbocycles. The number of aromatic nitrogens is 1. The van der Waals surface area contributed by atoms with Crippen LogP contribution >= 0.6 is 22.7 Å². The van der Waals surface area contributed by atoms with Gasteiger partial charge in [-0.1, -0.05) is 0 Å². The number of Topliss-reactive ketones (excluding diaryl/α,β-unsaturated/α-hetero) is 1. The highest BCUT2D eigenvalue weighted by atomic mass is 32.1. The van der Waals surface area contributed by atoms with Crippen LogP contribution in [-0.4, -0.2) is 16.7 Å². The summed E-state index contributed by atoms with van der Waals surface area (Å²) in [5.74, 6) is -0.137. The van der Waals surface area contributed by atoms with Gasteiger partial charge in [0.15, 0.2) is 5.78 Å². The van der Waals surface area contributed by atoms with Crippen LogP contribution in [0.1, 0.15) is 27.0 Å². The van der Waals surface area contributed by atoms with Gasteiger partial charge in [0.25, 0.3) is 5.91 Å². The number of nitrogens with two attached hydrogens (primary N) is 2. The molecular formula is C14H11N3O2S2. The number of hydrogen-bond acceptors (Lipinski definition) is 6. The van der Waals surface area contributed by atoms with Gasteiger partial charge in [0.2, 0.25) is 0 Å².